The van der Waals surface area contributed by atoms with Gasteiger partial charge in [-0.25, -0.2) is 4.79 Å². The molecule has 0 spiro atoms. The predicted molar refractivity (Wildman–Crippen MR) is 107 cm³/mol. The highest BCUT2D eigenvalue weighted by Crippen LogP contribution is 2.46. The van der Waals surface area contributed by atoms with E-state index in [9.17, 15) is 9.59 Å². The molecule has 0 bridgehead atoms. The maximum absolute atomic E-state index is 12.1. The van der Waals surface area contributed by atoms with E-state index in [1.54, 1.807) is 26.0 Å². The van der Waals surface area contributed by atoms with Gasteiger partial charge in [0.2, 0.25) is 5.75 Å². The SMILES string of the molecule is CCOc1c(OC)ccc(-c2cccc3c2CNC3=O)c1OCC(=O)OC(C)C. The van der Waals surface area contributed by atoms with Crippen molar-refractivity contribution in [2.24, 2.45) is 0 Å². The number of hydrogen-bond donors (Lipinski definition) is 1. The van der Waals surface area contributed by atoms with Crippen molar-refractivity contribution in [3.05, 3.63) is 41.5 Å². The number of fused-ring (bicyclic) bond motifs is 1. The van der Waals surface area contributed by atoms with E-state index in [0.29, 0.717) is 41.5 Å². The third kappa shape index (κ3) is 4.29. The van der Waals surface area contributed by atoms with Crippen LogP contribution in [0.15, 0.2) is 30.3 Å². The fraction of sp³-hybridized carbons (Fsp3) is 0.364. The van der Waals surface area contributed by atoms with Crippen molar-refractivity contribution >= 4 is 11.9 Å². The number of esters is 1. The summed E-state index contributed by atoms with van der Waals surface area (Å²) < 4.78 is 22.3. The van der Waals surface area contributed by atoms with Gasteiger partial charge in [-0.15, -0.1) is 0 Å². The molecule has 2 aromatic rings. The highest BCUT2D eigenvalue weighted by atomic mass is 16.6. The lowest BCUT2D eigenvalue weighted by molar-refractivity contribution is -0.149. The molecule has 154 valence electrons. The van der Waals surface area contributed by atoms with Crippen molar-refractivity contribution in [1.82, 2.24) is 5.32 Å². The number of nitrogens with one attached hydrogen (secondary N) is 1. The van der Waals surface area contributed by atoms with Gasteiger partial charge in [0.25, 0.3) is 5.91 Å². The van der Waals surface area contributed by atoms with Crippen LogP contribution in [-0.2, 0) is 16.1 Å². The first-order valence-electron chi connectivity index (χ1n) is 9.52. The van der Waals surface area contributed by atoms with Crippen molar-refractivity contribution in [2.75, 3.05) is 20.3 Å². The van der Waals surface area contributed by atoms with E-state index in [4.69, 9.17) is 18.9 Å². The Morgan fingerprint density at radius 1 is 1.07 bits per heavy atom. The fourth-order valence-corrected chi connectivity index (χ4v) is 3.28. The Balaban J connectivity index is 2.08. The van der Waals surface area contributed by atoms with Crippen LogP contribution >= 0.6 is 0 Å². The van der Waals surface area contributed by atoms with Crippen molar-refractivity contribution in [2.45, 2.75) is 33.4 Å². The second kappa shape index (κ2) is 8.86. The Bertz CT molecular complexity index is 922. The molecule has 29 heavy (non-hydrogen) atoms. The van der Waals surface area contributed by atoms with Gasteiger partial charge in [0.15, 0.2) is 18.1 Å². The maximum atomic E-state index is 12.1. The van der Waals surface area contributed by atoms with Gasteiger partial charge in [0, 0.05) is 17.7 Å². The van der Waals surface area contributed by atoms with Crippen LogP contribution < -0.4 is 19.5 Å². The average Bonchev–Trinajstić information content (AvgIpc) is 3.07. The van der Waals surface area contributed by atoms with Crippen LogP contribution in [0.25, 0.3) is 11.1 Å². The zero-order valence-electron chi connectivity index (χ0n) is 17.0. The van der Waals surface area contributed by atoms with Crippen molar-refractivity contribution in [3.63, 3.8) is 0 Å². The molecule has 7 heteroatoms. The summed E-state index contributed by atoms with van der Waals surface area (Å²) in [6.07, 6.45) is -0.239. The zero-order chi connectivity index (χ0) is 21.0. The van der Waals surface area contributed by atoms with Crippen LogP contribution in [0.5, 0.6) is 17.2 Å². The van der Waals surface area contributed by atoms with E-state index < -0.39 is 5.97 Å². The summed E-state index contributed by atoms with van der Waals surface area (Å²) in [4.78, 5) is 24.1. The number of methoxy groups -OCH3 is 1. The molecule has 0 radical (unpaired) electrons. The van der Waals surface area contributed by atoms with Gasteiger partial charge < -0.3 is 24.3 Å². The van der Waals surface area contributed by atoms with E-state index >= 15 is 0 Å². The van der Waals surface area contributed by atoms with E-state index in [-0.39, 0.29) is 18.6 Å². The summed E-state index contributed by atoms with van der Waals surface area (Å²) in [6, 6.07) is 9.14. The normalized spacial score (nSPS) is 12.4. The molecule has 0 unspecified atom stereocenters. The molecule has 1 heterocycles. The Kier molecular flexibility index (Phi) is 6.26. The minimum atomic E-state index is -0.480. The molecule has 1 N–H and O–H groups in total. The predicted octanol–water partition coefficient (Wildman–Crippen LogP) is 3.33. The number of benzene rings is 2. The second-order valence-corrected chi connectivity index (χ2v) is 6.75. The summed E-state index contributed by atoms with van der Waals surface area (Å²) in [7, 11) is 1.54. The number of ether oxygens (including phenoxy) is 4. The van der Waals surface area contributed by atoms with Gasteiger partial charge in [-0.05, 0) is 50.1 Å². The van der Waals surface area contributed by atoms with Gasteiger partial charge in [0.05, 0.1) is 19.8 Å². The second-order valence-electron chi connectivity index (χ2n) is 6.75. The smallest absolute Gasteiger partial charge is 0.344 e. The van der Waals surface area contributed by atoms with Crippen LogP contribution in [-0.4, -0.2) is 38.3 Å². The molecule has 0 atom stereocenters. The molecule has 0 saturated heterocycles. The molecule has 7 nitrogen and oxygen atoms in total. The summed E-state index contributed by atoms with van der Waals surface area (Å²) in [6.45, 7) is 5.95. The van der Waals surface area contributed by atoms with E-state index in [0.717, 1.165) is 11.1 Å². The average molecular weight is 399 g/mol. The molecule has 3 rings (SSSR count). The summed E-state index contributed by atoms with van der Waals surface area (Å²) in [5.41, 5.74) is 3.04. The molecular weight excluding hydrogens is 374 g/mol. The van der Waals surface area contributed by atoms with Gasteiger partial charge in [-0.3, -0.25) is 4.79 Å². The molecule has 1 aliphatic heterocycles. The lowest BCUT2D eigenvalue weighted by Crippen LogP contribution is -2.19. The lowest BCUT2D eigenvalue weighted by atomic mass is 9.95. The largest absolute Gasteiger partial charge is 0.493 e. The molecule has 1 aliphatic rings. The Morgan fingerprint density at radius 2 is 1.83 bits per heavy atom. The molecule has 1 amide bonds. The summed E-state index contributed by atoms with van der Waals surface area (Å²) in [5, 5.41) is 2.84. The molecule has 0 aromatic heterocycles. The highest BCUT2D eigenvalue weighted by Gasteiger charge is 2.26. The van der Waals surface area contributed by atoms with Crippen molar-refractivity contribution in [3.8, 4) is 28.4 Å². The van der Waals surface area contributed by atoms with Crippen LogP contribution in [0.1, 0.15) is 36.7 Å². The standard InChI is InChI=1S/C22H25NO6/c1-5-27-21-18(26-4)10-9-15(20(21)28-12-19(24)29-13(2)3)14-7-6-8-16-17(14)11-23-22(16)25/h6-10,13H,5,11-12H2,1-4H3,(H,23,25). The van der Waals surface area contributed by atoms with Gasteiger partial charge in [-0.2, -0.15) is 0 Å². The topological polar surface area (TPSA) is 83.1 Å². The third-order valence-corrected chi connectivity index (χ3v) is 4.42. The quantitative estimate of drug-likeness (QED) is 0.686. The molecule has 0 fully saturated rings. The third-order valence-electron chi connectivity index (χ3n) is 4.42. The van der Waals surface area contributed by atoms with Crippen LogP contribution in [0.4, 0.5) is 0 Å². The van der Waals surface area contributed by atoms with Gasteiger partial charge in [-0.1, -0.05) is 12.1 Å². The number of rotatable bonds is 8. The maximum Gasteiger partial charge on any atom is 0.344 e. The van der Waals surface area contributed by atoms with E-state index in [1.165, 1.54) is 7.11 Å². The molecule has 0 saturated carbocycles. The van der Waals surface area contributed by atoms with Crippen LogP contribution in [0, 0.1) is 0 Å². The Hall–Kier alpha value is -3.22. The van der Waals surface area contributed by atoms with Gasteiger partial charge in [0.1, 0.15) is 0 Å². The first-order valence-corrected chi connectivity index (χ1v) is 9.52. The first-order chi connectivity index (χ1) is 14.0. The fourth-order valence-electron chi connectivity index (χ4n) is 3.28. The number of carbonyl (C=O) groups is 2. The molecule has 0 aliphatic carbocycles. The molecular formula is C22H25NO6. The Labute approximate surface area is 169 Å². The summed E-state index contributed by atoms with van der Waals surface area (Å²) >= 11 is 0. The van der Waals surface area contributed by atoms with Gasteiger partial charge >= 0.3 is 5.97 Å². The van der Waals surface area contributed by atoms with Crippen LogP contribution in [0.2, 0.25) is 0 Å². The van der Waals surface area contributed by atoms with Crippen molar-refractivity contribution < 1.29 is 28.5 Å². The zero-order valence-corrected chi connectivity index (χ0v) is 17.0. The minimum Gasteiger partial charge on any atom is -0.493 e. The lowest BCUT2D eigenvalue weighted by Gasteiger charge is -2.19. The highest BCUT2D eigenvalue weighted by molar-refractivity contribution is 6.01. The number of carbonyl (C=O) groups excluding carboxylic acids is 2. The van der Waals surface area contributed by atoms with Crippen LogP contribution in [0.3, 0.4) is 0 Å². The van der Waals surface area contributed by atoms with E-state index in [2.05, 4.69) is 5.32 Å². The van der Waals surface area contributed by atoms with Crippen molar-refractivity contribution in [1.29, 1.82) is 0 Å². The number of hydrogen-bond acceptors (Lipinski definition) is 6. The minimum absolute atomic E-state index is 0.108. The molecule has 2 aromatic carbocycles. The summed E-state index contributed by atoms with van der Waals surface area (Å²) in [5.74, 6) is 0.679. The number of amides is 1. The Morgan fingerprint density at radius 3 is 2.52 bits per heavy atom. The first kappa shape index (κ1) is 20.5. The van der Waals surface area contributed by atoms with E-state index in [1.807, 2.05) is 25.1 Å². The monoisotopic (exact) mass is 399 g/mol.